The summed E-state index contributed by atoms with van der Waals surface area (Å²) in [7, 11) is 2.92. The molecule has 0 aliphatic heterocycles. The van der Waals surface area contributed by atoms with Gasteiger partial charge < -0.3 is 19.4 Å². The zero-order valence-electron chi connectivity index (χ0n) is 26.0. The van der Waals surface area contributed by atoms with E-state index in [1.165, 1.54) is 17.9 Å². The molecule has 6 rings (SSSR count). The monoisotopic (exact) mass is 632 g/mol. The maximum Gasteiger partial charge on any atom is 0.328 e. The predicted octanol–water partition coefficient (Wildman–Crippen LogP) is 5.34. The van der Waals surface area contributed by atoms with E-state index < -0.39 is 22.9 Å². The van der Waals surface area contributed by atoms with Crippen LogP contribution in [0.15, 0.2) is 97.3 Å². The van der Waals surface area contributed by atoms with Crippen molar-refractivity contribution < 1.29 is 24.0 Å². The molecule has 47 heavy (non-hydrogen) atoms. The Morgan fingerprint density at radius 1 is 0.957 bits per heavy atom. The van der Waals surface area contributed by atoms with Crippen LogP contribution in [0.5, 0.6) is 5.75 Å². The Bertz CT molecular complexity index is 2120. The van der Waals surface area contributed by atoms with E-state index in [1.807, 2.05) is 71.4 Å². The van der Waals surface area contributed by atoms with Crippen LogP contribution in [-0.4, -0.2) is 56.6 Å². The van der Waals surface area contributed by atoms with E-state index in [0.717, 1.165) is 38.6 Å². The summed E-state index contributed by atoms with van der Waals surface area (Å²) in [4.78, 5) is 37.5. The lowest BCUT2D eigenvalue weighted by Gasteiger charge is -2.20. The van der Waals surface area contributed by atoms with Crippen LogP contribution >= 0.6 is 0 Å². The number of esters is 1. The number of hydrogen-bond donors (Lipinski definition) is 1. The number of nitro groups is 1. The number of methoxy groups -OCH3 is 2. The molecule has 0 aliphatic rings. The summed E-state index contributed by atoms with van der Waals surface area (Å²) >= 11 is 0. The van der Waals surface area contributed by atoms with E-state index >= 15 is 0 Å². The molecule has 2 aromatic heterocycles. The van der Waals surface area contributed by atoms with Crippen molar-refractivity contribution in [3.63, 3.8) is 0 Å². The van der Waals surface area contributed by atoms with Crippen molar-refractivity contribution in [1.29, 1.82) is 0 Å². The maximum atomic E-state index is 13.5. The van der Waals surface area contributed by atoms with Crippen molar-refractivity contribution in [2.45, 2.75) is 31.8 Å². The average molecular weight is 633 g/mol. The fourth-order valence-electron chi connectivity index (χ4n) is 5.73. The van der Waals surface area contributed by atoms with E-state index in [4.69, 9.17) is 9.47 Å². The Labute approximate surface area is 269 Å². The molecule has 0 saturated carbocycles. The largest absolute Gasteiger partial charge is 0.497 e. The zero-order chi connectivity index (χ0) is 33.1. The van der Waals surface area contributed by atoms with E-state index in [1.54, 1.807) is 38.4 Å². The standard InChI is InChI=1S/C35H32N6O6/c1-22(23-12-13-25-17-28(46-2)15-14-24(25)16-23)34(42)36-30(35(43)47-3)18-26-19-39(31-9-5-4-8-29(26)31)20-27-21-40(38-37-27)32-10-6-7-11-33(32)41(44)45/h4-17,19,21-22,30H,18,20H2,1-3H3,(H,36,42)/t22-,30-/m0/s1. The number of para-hydroxylation sites is 3. The highest BCUT2D eigenvalue weighted by Crippen LogP contribution is 2.27. The van der Waals surface area contributed by atoms with Crippen molar-refractivity contribution in [2.24, 2.45) is 0 Å². The number of fused-ring (bicyclic) bond motifs is 2. The first-order chi connectivity index (χ1) is 22.7. The number of nitro benzene ring substituents is 1. The van der Waals surface area contributed by atoms with Gasteiger partial charge in [0.2, 0.25) is 5.91 Å². The molecule has 0 bridgehead atoms. The van der Waals surface area contributed by atoms with Gasteiger partial charge in [-0.1, -0.05) is 59.8 Å². The molecule has 1 amide bonds. The van der Waals surface area contributed by atoms with Crippen molar-refractivity contribution in [2.75, 3.05) is 14.2 Å². The summed E-state index contributed by atoms with van der Waals surface area (Å²) in [6, 6.07) is 24.7. The molecule has 2 atom stereocenters. The molecule has 0 fully saturated rings. The number of aromatic nitrogens is 4. The Kier molecular flexibility index (Phi) is 8.65. The van der Waals surface area contributed by atoms with Gasteiger partial charge in [-0.3, -0.25) is 14.9 Å². The lowest BCUT2D eigenvalue weighted by molar-refractivity contribution is -0.384. The number of benzene rings is 4. The number of nitrogens with zero attached hydrogens (tertiary/aromatic N) is 5. The van der Waals surface area contributed by atoms with Crippen molar-refractivity contribution in [3.05, 3.63) is 124 Å². The Morgan fingerprint density at radius 3 is 2.49 bits per heavy atom. The molecule has 0 unspecified atom stereocenters. The molecule has 2 heterocycles. The van der Waals surface area contributed by atoms with Gasteiger partial charge in [0.15, 0.2) is 0 Å². The molecule has 12 heteroatoms. The molecule has 12 nitrogen and oxygen atoms in total. The fourth-order valence-corrected chi connectivity index (χ4v) is 5.73. The minimum absolute atomic E-state index is 0.0795. The van der Waals surface area contributed by atoms with Crippen LogP contribution in [0.3, 0.4) is 0 Å². The molecular formula is C35H32N6O6. The Balaban J connectivity index is 1.23. The van der Waals surface area contributed by atoms with Crippen LogP contribution < -0.4 is 10.1 Å². The number of ether oxygens (including phenoxy) is 2. The highest BCUT2D eigenvalue weighted by atomic mass is 16.6. The molecular weight excluding hydrogens is 600 g/mol. The smallest absolute Gasteiger partial charge is 0.328 e. The third kappa shape index (κ3) is 6.39. The number of hydrogen-bond acceptors (Lipinski definition) is 8. The van der Waals surface area contributed by atoms with Gasteiger partial charge in [0, 0.05) is 29.6 Å². The lowest BCUT2D eigenvalue weighted by atomic mass is 9.96. The van der Waals surface area contributed by atoms with Crippen molar-refractivity contribution in [3.8, 4) is 11.4 Å². The number of rotatable bonds is 11. The second kappa shape index (κ2) is 13.1. The van der Waals surface area contributed by atoms with E-state index in [9.17, 15) is 19.7 Å². The van der Waals surface area contributed by atoms with Crippen LogP contribution in [0, 0.1) is 10.1 Å². The zero-order valence-corrected chi connectivity index (χ0v) is 26.0. The highest BCUT2D eigenvalue weighted by Gasteiger charge is 2.27. The van der Waals surface area contributed by atoms with Gasteiger partial charge in [-0.05, 0) is 53.1 Å². The molecule has 0 aliphatic carbocycles. The number of carbonyl (C=O) groups is 2. The SMILES string of the molecule is COC(=O)[C@H](Cc1cn(Cc2cn(-c3ccccc3[N+](=O)[O-])nn2)c2ccccc12)NC(=O)[C@@H](C)c1ccc2cc(OC)ccc2c1. The molecule has 0 saturated heterocycles. The van der Waals surface area contributed by atoms with Gasteiger partial charge in [-0.2, -0.15) is 0 Å². The minimum atomic E-state index is -0.932. The molecule has 4 aromatic carbocycles. The molecule has 1 N–H and O–H groups in total. The maximum absolute atomic E-state index is 13.5. The van der Waals surface area contributed by atoms with Gasteiger partial charge in [-0.15, -0.1) is 5.10 Å². The van der Waals surface area contributed by atoms with Crippen molar-refractivity contribution in [1.82, 2.24) is 24.9 Å². The van der Waals surface area contributed by atoms with E-state index in [0.29, 0.717) is 17.9 Å². The number of nitrogens with one attached hydrogen (secondary N) is 1. The predicted molar refractivity (Wildman–Crippen MR) is 176 cm³/mol. The van der Waals surface area contributed by atoms with E-state index in [-0.39, 0.29) is 18.0 Å². The van der Waals surface area contributed by atoms with Crippen LogP contribution in [0.2, 0.25) is 0 Å². The van der Waals surface area contributed by atoms with Gasteiger partial charge in [0.05, 0.1) is 37.8 Å². The molecule has 0 spiro atoms. The van der Waals surface area contributed by atoms with Gasteiger partial charge in [0.1, 0.15) is 23.2 Å². The first-order valence-corrected chi connectivity index (χ1v) is 14.9. The molecule has 0 radical (unpaired) electrons. The minimum Gasteiger partial charge on any atom is -0.497 e. The highest BCUT2D eigenvalue weighted by molar-refractivity contribution is 5.91. The lowest BCUT2D eigenvalue weighted by Crippen LogP contribution is -2.44. The Hall–Kier alpha value is -6.04. The molecule has 6 aromatic rings. The summed E-state index contributed by atoms with van der Waals surface area (Å²) in [5.74, 6) is -0.634. The topological polar surface area (TPSA) is 143 Å². The summed E-state index contributed by atoms with van der Waals surface area (Å²) in [5.41, 5.74) is 3.34. The third-order valence-electron chi connectivity index (χ3n) is 8.26. The van der Waals surface area contributed by atoms with Crippen LogP contribution in [0.1, 0.15) is 29.7 Å². The summed E-state index contributed by atoms with van der Waals surface area (Å²) < 4.78 is 13.8. The van der Waals surface area contributed by atoms with E-state index in [2.05, 4.69) is 15.6 Å². The van der Waals surface area contributed by atoms with Crippen LogP contribution in [-0.2, 0) is 27.3 Å². The van der Waals surface area contributed by atoms with Gasteiger partial charge in [0.25, 0.3) is 5.69 Å². The van der Waals surface area contributed by atoms with Crippen molar-refractivity contribution >= 4 is 39.2 Å². The fraction of sp³-hybridized carbons (Fsp3) is 0.200. The van der Waals surface area contributed by atoms with Crippen LogP contribution in [0.25, 0.3) is 27.4 Å². The second-order valence-electron chi connectivity index (χ2n) is 11.2. The first-order valence-electron chi connectivity index (χ1n) is 14.9. The summed E-state index contributed by atoms with van der Waals surface area (Å²) in [6.45, 7) is 2.12. The average Bonchev–Trinajstić information content (AvgIpc) is 3.71. The quantitative estimate of drug-likeness (QED) is 0.115. The third-order valence-corrected chi connectivity index (χ3v) is 8.26. The Morgan fingerprint density at radius 2 is 1.70 bits per heavy atom. The van der Waals surface area contributed by atoms with Gasteiger partial charge >= 0.3 is 5.97 Å². The summed E-state index contributed by atoms with van der Waals surface area (Å²) in [5, 5.41) is 25.7. The number of amides is 1. The normalized spacial score (nSPS) is 12.5. The first kappa shape index (κ1) is 31.0. The van der Waals surface area contributed by atoms with Gasteiger partial charge in [-0.25, -0.2) is 9.48 Å². The molecule has 238 valence electrons. The number of carbonyl (C=O) groups excluding carboxylic acids is 2. The summed E-state index contributed by atoms with van der Waals surface area (Å²) in [6.07, 6.45) is 3.76. The second-order valence-corrected chi connectivity index (χ2v) is 11.2. The van der Waals surface area contributed by atoms with Crippen LogP contribution in [0.4, 0.5) is 5.69 Å².